The Bertz CT molecular complexity index is 1560. The van der Waals surface area contributed by atoms with Crippen molar-refractivity contribution in [1.29, 1.82) is 0 Å². The third kappa shape index (κ3) is 6.66. The standard InChI is InChI=1S/C31H36N2O5S2/c1-5-17-33(40(35,36)30-12-8-10-25-9-6-7-11-26(25)30)22-31(34)32(21-29-23(2)16-19-39-29)18-15-24-13-14-27(37-3)28(20-24)38-4/h6-14,16,19-20H,5,15,17-18,21-22H2,1-4H3. The number of hydrogen-bond acceptors (Lipinski definition) is 6. The summed E-state index contributed by atoms with van der Waals surface area (Å²) in [5.74, 6) is 1.04. The van der Waals surface area contributed by atoms with Gasteiger partial charge in [0.2, 0.25) is 15.9 Å². The lowest BCUT2D eigenvalue weighted by Crippen LogP contribution is -2.43. The normalized spacial score (nSPS) is 11.6. The first-order valence-corrected chi connectivity index (χ1v) is 15.6. The Balaban J connectivity index is 1.60. The average molecular weight is 581 g/mol. The minimum Gasteiger partial charge on any atom is -0.493 e. The Labute approximate surface area is 241 Å². The van der Waals surface area contributed by atoms with E-state index in [4.69, 9.17) is 9.47 Å². The molecule has 7 nitrogen and oxygen atoms in total. The molecule has 4 rings (SSSR count). The van der Waals surface area contributed by atoms with Crippen molar-refractivity contribution in [2.24, 2.45) is 0 Å². The summed E-state index contributed by atoms with van der Waals surface area (Å²) in [7, 11) is -0.729. The fourth-order valence-corrected chi connectivity index (χ4v) is 7.29. The van der Waals surface area contributed by atoms with Crippen LogP contribution in [-0.2, 0) is 27.8 Å². The van der Waals surface area contributed by atoms with E-state index < -0.39 is 10.0 Å². The molecule has 0 fully saturated rings. The summed E-state index contributed by atoms with van der Waals surface area (Å²) >= 11 is 1.60. The van der Waals surface area contributed by atoms with Gasteiger partial charge >= 0.3 is 0 Å². The number of sulfonamides is 1. The Morgan fingerprint density at radius 2 is 1.68 bits per heavy atom. The van der Waals surface area contributed by atoms with E-state index in [1.165, 1.54) is 4.31 Å². The van der Waals surface area contributed by atoms with Gasteiger partial charge in [0.05, 0.1) is 32.2 Å². The number of aryl methyl sites for hydroxylation is 1. The molecule has 212 valence electrons. The molecule has 0 spiro atoms. The molecule has 0 bridgehead atoms. The van der Waals surface area contributed by atoms with Gasteiger partial charge in [0, 0.05) is 23.4 Å². The van der Waals surface area contributed by atoms with Crippen LogP contribution in [0.1, 0.15) is 29.3 Å². The van der Waals surface area contributed by atoms with Crippen molar-refractivity contribution in [2.75, 3.05) is 33.9 Å². The maximum atomic E-state index is 13.9. The van der Waals surface area contributed by atoms with Crippen LogP contribution in [-0.4, -0.2) is 57.4 Å². The molecule has 3 aromatic carbocycles. The van der Waals surface area contributed by atoms with E-state index in [1.54, 1.807) is 42.6 Å². The van der Waals surface area contributed by atoms with Gasteiger partial charge in [0.25, 0.3) is 0 Å². The molecule has 0 aliphatic carbocycles. The number of ether oxygens (including phenoxy) is 2. The minimum atomic E-state index is -3.91. The van der Waals surface area contributed by atoms with Crippen molar-refractivity contribution in [3.8, 4) is 11.5 Å². The molecule has 40 heavy (non-hydrogen) atoms. The second-order valence-corrected chi connectivity index (χ2v) is 12.5. The fourth-order valence-electron chi connectivity index (χ4n) is 4.68. The molecule has 0 saturated heterocycles. The van der Waals surface area contributed by atoms with Crippen molar-refractivity contribution in [2.45, 2.75) is 38.1 Å². The van der Waals surface area contributed by atoms with E-state index in [-0.39, 0.29) is 23.9 Å². The fraction of sp³-hybridized carbons (Fsp3) is 0.323. The molecule has 1 aromatic heterocycles. The third-order valence-corrected chi connectivity index (χ3v) is 9.84. The van der Waals surface area contributed by atoms with Crippen LogP contribution in [0.15, 0.2) is 77.0 Å². The summed E-state index contributed by atoms with van der Waals surface area (Å²) in [4.78, 5) is 16.9. The minimum absolute atomic E-state index is 0.220. The van der Waals surface area contributed by atoms with Gasteiger partial charge in [-0.3, -0.25) is 4.79 Å². The summed E-state index contributed by atoms with van der Waals surface area (Å²) in [6.45, 7) is 4.82. The molecule has 9 heteroatoms. The number of amides is 1. The number of rotatable bonds is 13. The molecule has 0 unspecified atom stereocenters. The van der Waals surface area contributed by atoms with Crippen LogP contribution in [0.2, 0.25) is 0 Å². The van der Waals surface area contributed by atoms with Gasteiger partial charge in [0.1, 0.15) is 0 Å². The van der Waals surface area contributed by atoms with Crippen molar-refractivity contribution >= 4 is 38.0 Å². The van der Waals surface area contributed by atoms with Crippen molar-refractivity contribution in [3.05, 3.63) is 88.1 Å². The van der Waals surface area contributed by atoms with Crippen LogP contribution in [0.25, 0.3) is 10.8 Å². The quantitative estimate of drug-likeness (QED) is 0.197. The van der Waals surface area contributed by atoms with Gasteiger partial charge in [-0.05, 0) is 65.9 Å². The van der Waals surface area contributed by atoms with Crippen molar-refractivity contribution < 1.29 is 22.7 Å². The summed E-state index contributed by atoms with van der Waals surface area (Å²) in [6, 6.07) is 20.4. The molecule has 0 aliphatic heterocycles. The van der Waals surface area contributed by atoms with E-state index in [0.717, 1.165) is 21.4 Å². The highest BCUT2D eigenvalue weighted by molar-refractivity contribution is 7.89. The topological polar surface area (TPSA) is 76.2 Å². The summed E-state index contributed by atoms with van der Waals surface area (Å²) < 4.78 is 39.9. The molecule has 0 saturated carbocycles. The lowest BCUT2D eigenvalue weighted by molar-refractivity contribution is -0.132. The predicted molar refractivity (Wildman–Crippen MR) is 161 cm³/mol. The zero-order valence-corrected chi connectivity index (χ0v) is 25.1. The molecule has 0 aliphatic rings. The predicted octanol–water partition coefficient (Wildman–Crippen LogP) is 5.90. The van der Waals surface area contributed by atoms with Crippen molar-refractivity contribution in [1.82, 2.24) is 9.21 Å². The smallest absolute Gasteiger partial charge is 0.244 e. The molecule has 4 aromatic rings. The van der Waals surface area contributed by atoms with E-state index in [9.17, 15) is 13.2 Å². The first kappa shape index (κ1) is 29.6. The number of hydrogen-bond donors (Lipinski definition) is 0. The van der Waals surface area contributed by atoms with Gasteiger partial charge in [-0.2, -0.15) is 4.31 Å². The highest BCUT2D eigenvalue weighted by Gasteiger charge is 2.29. The Morgan fingerprint density at radius 3 is 2.38 bits per heavy atom. The Hall–Kier alpha value is -3.40. The van der Waals surface area contributed by atoms with Crippen LogP contribution in [0.4, 0.5) is 0 Å². The monoisotopic (exact) mass is 580 g/mol. The molecule has 0 radical (unpaired) electrons. The number of thiophene rings is 1. The lowest BCUT2D eigenvalue weighted by Gasteiger charge is -2.27. The molecular weight excluding hydrogens is 544 g/mol. The van der Waals surface area contributed by atoms with Crippen LogP contribution in [0.5, 0.6) is 11.5 Å². The second kappa shape index (κ2) is 13.3. The molecule has 0 N–H and O–H groups in total. The maximum absolute atomic E-state index is 13.9. The molecule has 1 amide bonds. The molecule has 0 atom stereocenters. The SMILES string of the molecule is CCCN(CC(=O)N(CCc1ccc(OC)c(OC)c1)Cc1sccc1C)S(=O)(=O)c1cccc2ccccc12. The lowest BCUT2D eigenvalue weighted by atomic mass is 10.1. The van der Waals surface area contributed by atoms with E-state index in [2.05, 4.69) is 0 Å². The molecule has 1 heterocycles. The van der Waals surface area contributed by atoms with Crippen molar-refractivity contribution in [3.63, 3.8) is 0 Å². The van der Waals surface area contributed by atoms with Crippen LogP contribution < -0.4 is 9.47 Å². The first-order valence-electron chi connectivity index (χ1n) is 13.3. The largest absolute Gasteiger partial charge is 0.493 e. The van der Waals surface area contributed by atoms with Gasteiger partial charge in [-0.1, -0.05) is 49.4 Å². The van der Waals surface area contributed by atoms with Gasteiger partial charge in [0.15, 0.2) is 11.5 Å². The summed E-state index contributed by atoms with van der Waals surface area (Å²) in [5.41, 5.74) is 2.11. The van der Waals surface area contributed by atoms with Gasteiger partial charge in [-0.15, -0.1) is 11.3 Å². The number of carbonyl (C=O) groups excluding carboxylic acids is 1. The zero-order chi connectivity index (χ0) is 28.7. The van der Waals surface area contributed by atoms with Crippen LogP contribution in [0, 0.1) is 6.92 Å². The van der Waals surface area contributed by atoms with Gasteiger partial charge in [-0.25, -0.2) is 8.42 Å². The van der Waals surface area contributed by atoms with E-state index >= 15 is 0 Å². The Kier molecular flexibility index (Phi) is 9.84. The number of benzene rings is 3. The summed E-state index contributed by atoms with van der Waals surface area (Å²) in [6.07, 6.45) is 1.17. The second-order valence-electron chi connectivity index (χ2n) is 9.60. The average Bonchev–Trinajstić information content (AvgIpc) is 3.38. The summed E-state index contributed by atoms with van der Waals surface area (Å²) in [5, 5.41) is 3.50. The van der Waals surface area contributed by atoms with Gasteiger partial charge < -0.3 is 14.4 Å². The van der Waals surface area contributed by atoms with E-state index in [1.807, 2.05) is 73.8 Å². The highest BCUT2D eigenvalue weighted by Crippen LogP contribution is 2.29. The number of fused-ring (bicyclic) bond motifs is 1. The number of nitrogens with zero attached hydrogens (tertiary/aromatic N) is 2. The highest BCUT2D eigenvalue weighted by atomic mass is 32.2. The Morgan fingerprint density at radius 1 is 0.925 bits per heavy atom. The number of methoxy groups -OCH3 is 2. The van der Waals surface area contributed by atoms with Crippen LogP contribution in [0.3, 0.4) is 0 Å². The molecular formula is C31H36N2O5S2. The van der Waals surface area contributed by atoms with Crippen LogP contribution >= 0.6 is 11.3 Å². The third-order valence-electron chi connectivity index (χ3n) is 6.93. The maximum Gasteiger partial charge on any atom is 0.244 e. The first-order chi connectivity index (χ1) is 19.3. The number of carbonyl (C=O) groups is 1. The zero-order valence-electron chi connectivity index (χ0n) is 23.4. The van der Waals surface area contributed by atoms with E-state index in [0.29, 0.717) is 42.8 Å².